The van der Waals surface area contributed by atoms with E-state index in [1.54, 1.807) is 26.0 Å². The third-order valence-electron chi connectivity index (χ3n) is 3.82. The van der Waals surface area contributed by atoms with E-state index >= 15 is 0 Å². The van der Waals surface area contributed by atoms with E-state index in [1.165, 1.54) is 0 Å². The Bertz CT molecular complexity index is 787. The van der Waals surface area contributed by atoms with Crippen LogP contribution >= 0.6 is 0 Å². The molecule has 0 aliphatic heterocycles. The molecular formula is C20H22N2O4. The molecule has 3 N–H and O–H groups in total. The summed E-state index contributed by atoms with van der Waals surface area (Å²) in [5.41, 5.74) is 7.20. The van der Waals surface area contributed by atoms with Gasteiger partial charge in [0, 0.05) is 0 Å². The largest absolute Gasteiger partial charge is 0.448 e. The number of hydrogen-bond donors (Lipinski definition) is 2. The number of primary amides is 1. The van der Waals surface area contributed by atoms with Crippen molar-refractivity contribution in [1.29, 1.82) is 0 Å². The first-order valence-corrected chi connectivity index (χ1v) is 8.31. The van der Waals surface area contributed by atoms with Crippen LogP contribution < -0.4 is 11.1 Å². The summed E-state index contributed by atoms with van der Waals surface area (Å²) >= 11 is 0. The third-order valence-corrected chi connectivity index (χ3v) is 3.82. The molecule has 2 aromatic rings. The second-order valence-electron chi connectivity index (χ2n) is 6.24. The normalized spacial score (nSPS) is 11.7. The Kier molecular flexibility index (Phi) is 6.49. The van der Waals surface area contributed by atoms with Crippen LogP contribution in [0.5, 0.6) is 0 Å². The van der Waals surface area contributed by atoms with E-state index in [4.69, 9.17) is 10.5 Å². The van der Waals surface area contributed by atoms with Crippen molar-refractivity contribution in [1.82, 2.24) is 5.32 Å². The highest BCUT2D eigenvalue weighted by atomic mass is 16.5. The molecule has 0 unspecified atom stereocenters. The molecule has 1 atom stereocenters. The summed E-state index contributed by atoms with van der Waals surface area (Å²) in [5, 5.41) is 1.96. The average Bonchev–Trinajstić information content (AvgIpc) is 2.60. The van der Waals surface area contributed by atoms with Crippen molar-refractivity contribution in [2.45, 2.75) is 26.4 Å². The Morgan fingerprint density at radius 1 is 1.00 bits per heavy atom. The highest BCUT2D eigenvalue weighted by Crippen LogP contribution is 2.18. The van der Waals surface area contributed by atoms with Crippen LogP contribution in [0.1, 0.15) is 35.3 Å². The molecule has 6 nitrogen and oxygen atoms in total. The van der Waals surface area contributed by atoms with E-state index < -0.39 is 24.0 Å². The van der Waals surface area contributed by atoms with Crippen molar-refractivity contribution in [3.05, 3.63) is 71.3 Å². The van der Waals surface area contributed by atoms with Crippen LogP contribution in [-0.4, -0.2) is 24.0 Å². The van der Waals surface area contributed by atoms with Crippen molar-refractivity contribution in [3.8, 4) is 0 Å². The Morgan fingerprint density at radius 2 is 1.62 bits per heavy atom. The van der Waals surface area contributed by atoms with Crippen LogP contribution in [0.25, 0.3) is 0 Å². The highest BCUT2D eigenvalue weighted by Gasteiger charge is 2.28. The lowest BCUT2D eigenvalue weighted by Gasteiger charge is -2.20. The van der Waals surface area contributed by atoms with Gasteiger partial charge >= 0.3 is 12.0 Å². The number of carbonyl (C=O) groups is 3. The third kappa shape index (κ3) is 5.17. The van der Waals surface area contributed by atoms with E-state index in [9.17, 15) is 14.4 Å². The zero-order chi connectivity index (χ0) is 19.1. The minimum atomic E-state index is -1.11. The van der Waals surface area contributed by atoms with Crippen LogP contribution in [0.15, 0.2) is 54.6 Å². The highest BCUT2D eigenvalue weighted by molar-refractivity contribution is 5.98. The van der Waals surface area contributed by atoms with Crippen molar-refractivity contribution < 1.29 is 19.1 Å². The minimum absolute atomic E-state index is 0.320. The molecule has 26 heavy (non-hydrogen) atoms. The predicted molar refractivity (Wildman–Crippen MR) is 97.5 cm³/mol. The summed E-state index contributed by atoms with van der Waals surface area (Å²) < 4.78 is 5.38. The predicted octanol–water partition coefficient (Wildman–Crippen LogP) is 2.65. The lowest BCUT2D eigenvalue weighted by Crippen LogP contribution is -2.45. The van der Waals surface area contributed by atoms with Gasteiger partial charge in [0.25, 0.3) is 5.91 Å². The van der Waals surface area contributed by atoms with Gasteiger partial charge in [-0.2, -0.15) is 0 Å². The van der Waals surface area contributed by atoms with Crippen LogP contribution in [0.2, 0.25) is 0 Å². The van der Waals surface area contributed by atoms with E-state index in [0.29, 0.717) is 12.0 Å². The van der Waals surface area contributed by atoms with E-state index in [1.807, 2.05) is 47.8 Å². The van der Waals surface area contributed by atoms with Crippen LogP contribution in [0, 0.1) is 5.92 Å². The van der Waals surface area contributed by atoms with Gasteiger partial charge in [-0.05, 0) is 29.5 Å². The van der Waals surface area contributed by atoms with Crippen molar-refractivity contribution in [2.24, 2.45) is 11.7 Å². The number of benzene rings is 2. The number of amides is 3. The molecule has 0 fully saturated rings. The SMILES string of the molecule is CC(C)[C@@H](OC(=O)c1ccccc1Cc1ccccc1)C(=O)NC(N)=O. The van der Waals surface area contributed by atoms with Gasteiger partial charge in [0.2, 0.25) is 0 Å². The maximum Gasteiger partial charge on any atom is 0.339 e. The van der Waals surface area contributed by atoms with Gasteiger partial charge < -0.3 is 10.5 Å². The number of hydrogen-bond acceptors (Lipinski definition) is 4. The number of rotatable bonds is 6. The van der Waals surface area contributed by atoms with Crippen LogP contribution in [0.4, 0.5) is 4.79 Å². The quantitative estimate of drug-likeness (QED) is 0.779. The second-order valence-corrected chi connectivity index (χ2v) is 6.24. The molecule has 2 rings (SSSR count). The number of nitrogens with one attached hydrogen (secondary N) is 1. The number of ether oxygens (including phenoxy) is 1. The van der Waals surface area contributed by atoms with Crippen molar-refractivity contribution >= 4 is 17.9 Å². The van der Waals surface area contributed by atoms with Crippen molar-refractivity contribution in [3.63, 3.8) is 0 Å². The number of nitrogens with two attached hydrogens (primary N) is 1. The van der Waals surface area contributed by atoms with Gasteiger partial charge in [-0.1, -0.05) is 62.4 Å². The van der Waals surface area contributed by atoms with Crippen molar-refractivity contribution in [2.75, 3.05) is 0 Å². The molecule has 0 aromatic heterocycles. The number of urea groups is 1. The summed E-state index contributed by atoms with van der Waals surface area (Å²) in [6.07, 6.45) is -0.550. The zero-order valence-electron chi connectivity index (χ0n) is 14.8. The topological polar surface area (TPSA) is 98.5 Å². The number of esters is 1. The number of imide groups is 1. The lowest BCUT2D eigenvalue weighted by atomic mass is 9.99. The Hall–Kier alpha value is -3.15. The van der Waals surface area contributed by atoms with Gasteiger partial charge in [-0.15, -0.1) is 0 Å². The molecule has 0 saturated carbocycles. The Balaban J connectivity index is 2.20. The van der Waals surface area contributed by atoms with Gasteiger partial charge in [0.1, 0.15) is 0 Å². The molecule has 0 radical (unpaired) electrons. The van der Waals surface area contributed by atoms with Gasteiger partial charge in [0.05, 0.1) is 5.56 Å². The molecule has 0 heterocycles. The molecule has 0 aliphatic carbocycles. The lowest BCUT2D eigenvalue weighted by molar-refractivity contribution is -0.130. The number of carbonyl (C=O) groups excluding carboxylic acids is 3. The monoisotopic (exact) mass is 354 g/mol. The first-order valence-electron chi connectivity index (χ1n) is 8.31. The molecule has 6 heteroatoms. The maximum atomic E-state index is 12.6. The molecule has 0 bridgehead atoms. The fraction of sp³-hybridized carbons (Fsp3) is 0.250. The summed E-state index contributed by atoms with van der Waals surface area (Å²) in [4.78, 5) is 35.6. The summed E-state index contributed by atoms with van der Waals surface area (Å²) in [7, 11) is 0. The molecule has 2 aromatic carbocycles. The molecular weight excluding hydrogens is 332 g/mol. The second kappa shape index (κ2) is 8.80. The van der Waals surface area contributed by atoms with Crippen LogP contribution in [-0.2, 0) is 16.0 Å². The molecule has 136 valence electrons. The fourth-order valence-electron chi connectivity index (χ4n) is 2.55. The fourth-order valence-corrected chi connectivity index (χ4v) is 2.55. The standard InChI is InChI=1S/C20H22N2O4/c1-13(2)17(18(23)22-20(21)25)26-19(24)16-11-7-6-10-15(16)12-14-8-4-3-5-9-14/h3-11,13,17H,12H2,1-2H3,(H3,21,22,23,25)/t17-/m1/s1. The maximum absolute atomic E-state index is 12.6. The summed E-state index contributed by atoms with van der Waals surface area (Å²) in [5.74, 6) is -1.67. The molecule has 0 saturated heterocycles. The first-order chi connectivity index (χ1) is 12.4. The average molecular weight is 354 g/mol. The van der Waals surface area contributed by atoms with E-state index in [2.05, 4.69) is 0 Å². The van der Waals surface area contributed by atoms with E-state index in [0.717, 1.165) is 11.1 Å². The molecule has 0 spiro atoms. The summed E-state index contributed by atoms with van der Waals surface area (Å²) in [6.45, 7) is 3.43. The smallest absolute Gasteiger partial charge is 0.339 e. The van der Waals surface area contributed by atoms with Gasteiger partial charge in [0.15, 0.2) is 6.10 Å². The van der Waals surface area contributed by atoms with Gasteiger partial charge in [-0.3, -0.25) is 10.1 Å². The summed E-state index contributed by atoms with van der Waals surface area (Å²) in [6, 6.07) is 15.8. The zero-order valence-corrected chi connectivity index (χ0v) is 14.8. The first kappa shape index (κ1) is 19.2. The van der Waals surface area contributed by atoms with Crippen LogP contribution in [0.3, 0.4) is 0 Å². The van der Waals surface area contributed by atoms with Gasteiger partial charge in [-0.25, -0.2) is 9.59 Å². The minimum Gasteiger partial charge on any atom is -0.448 e. The molecule has 3 amide bonds. The van der Waals surface area contributed by atoms with E-state index in [-0.39, 0.29) is 5.92 Å². The molecule has 0 aliphatic rings. The Morgan fingerprint density at radius 3 is 2.23 bits per heavy atom. The Labute approximate surface area is 152 Å².